The molecule has 1 aromatic carbocycles. The third kappa shape index (κ3) is 3.75. The fourth-order valence-electron chi connectivity index (χ4n) is 2.76. The summed E-state index contributed by atoms with van der Waals surface area (Å²) in [6.07, 6.45) is 2.80. The number of carbonyl (C=O) groups is 2. The van der Waals surface area contributed by atoms with Crippen molar-refractivity contribution in [3.8, 4) is 0 Å². The number of likely N-dealkylation sites (tertiary alicyclic amines) is 1. The first-order valence-electron chi connectivity index (χ1n) is 7.56. The van der Waals surface area contributed by atoms with Gasteiger partial charge in [-0.1, -0.05) is 44.2 Å². The van der Waals surface area contributed by atoms with E-state index in [1.54, 1.807) is 0 Å². The molecule has 0 atom stereocenters. The number of nitrogens with zero attached hydrogens (tertiary/aromatic N) is 2. The smallest absolute Gasteiger partial charge is 0.230 e. The van der Waals surface area contributed by atoms with Crippen LogP contribution in [0.5, 0.6) is 0 Å². The lowest BCUT2D eigenvalue weighted by Gasteiger charge is -2.34. The van der Waals surface area contributed by atoms with Gasteiger partial charge in [0.15, 0.2) is 0 Å². The first-order chi connectivity index (χ1) is 10.3. The van der Waals surface area contributed by atoms with Crippen LogP contribution in [0.1, 0.15) is 32.3 Å². The zero-order valence-corrected chi connectivity index (χ0v) is 13.8. The van der Waals surface area contributed by atoms with Crippen LogP contribution in [0.4, 0.5) is 0 Å². The van der Waals surface area contributed by atoms with Crippen molar-refractivity contribution in [1.29, 1.82) is 0 Å². The molecule has 0 radical (unpaired) electrons. The van der Waals surface area contributed by atoms with E-state index >= 15 is 0 Å². The van der Waals surface area contributed by atoms with Crippen molar-refractivity contribution in [2.24, 2.45) is 5.41 Å². The van der Waals surface area contributed by atoms with E-state index < -0.39 is 0 Å². The van der Waals surface area contributed by atoms with Gasteiger partial charge in [-0.15, -0.1) is 0 Å². The minimum atomic E-state index is -0.224. The molecule has 0 unspecified atom stereocenters. The fraction of sp³-hybridized carbons (Fsp3) is 0.444. The Balaban J connectivity index is 2.18. The third-order valence-electron chi connectivity index (χ3n) is 3.88. The van der Waals surface area contributed by atoms with Gasteiger partial charge in [0.2, 0.25) is 11.8 Å². The predicted octanol–water partition coefficient (Wildman–Crippen LogP) is 2.76. The van der Waals surface area contributed by atoms with Gasteiger partial charge in [-0.05, 0) is 17.1 Å². The predicted molar refractivity (Wildman–Crippen MR) is 87.8 cm³/mol. The SMILES string of the molecule is CN(C)C(=CCN1C(=O)CC(C)(C)CC1=O)c1ccccc1. The highest BCUT2D eigenvalue weighted by Gasteiger charge is 2.36. The van der Waals surface area contributed by atoms with Gasteiger partial charge >= 0.3 is 0 Å². The molecule has 0 saturated carbocycles. The van der Waals surface area contributed by atoms with Gasteiger partial charge in [0, 0.05) is 39.2 Å². The Labute approximate surface area is 132 Å². The highest BCUT2D eigenvalue weighted by atomic mass is 16.2. The molecule has 118 valence electrons. The van der Waals surface area contributed by atoms with Crippen molar-refractivity contribution >= 4 is 17.5 Å². The van der Waals surface area contributed by atoms with E-state index in [0.717, 1.165) is 11.3 Å². The van der Waals surface area contributed by atoms with Gasteiger partial charge in [0.05, 0.1) is 0 Å². The molecule has 1 aromatic rings. The summed E-state index contributed by atoms with van der Waals surface area (Å²) in [7, 11) is 3.92. The molecule has 1 saturated heterocycles. The fourth-order valence-corrected chi connectivity index (χ4v) is 2.76. The summed E-state index contributed by atoms with van der Waals surface area (Å²) in [5.74, 6) is -0.160. The minimum Gasteiger partial charge on any atom is -0.377 e. The summed E-state index contributed by atoms with van der Waals surface area (Å²) in [4.78, 5) is 27.8. The molecule has 0 aliphatic carbocycles. The van der Waals surface area contributed by atoms with Crippen LogP contribution in [0.25, 0.3) is 5.70 Å². The standard InChI is InChI=1S/C18H24N2O2/c1-18(2)12-16(21)20(17(22)13-18)11-10-15(19(3)4)14-8-6-5-7-9-14/h5-10H,11-13H2,1-4H3. The van der Waals surface area contributed by atoms with E-state index in [0.29, 0.717) is 19.4 Å². The average Bonchev–Trinajstić information content (AvgIpc) is 2.41. The first kappa shape index (κ1) is 16.3. The van der Waals surface area contributed by atoms with Gasteiger partial charge < -0.3 is 4.90 Å². The molecule has 0 bridgehead atoms. The molecule has 0 spiro atoms. The average molecular weight is 300 g/mol. The van der Waals surface area contributed by atoms with Crippen molar-refractivity contribution in [3.63, 3.8) is 0 Å². The minimum absolute atomic E-state index is 0.0799. The maximum Gasteiger partial charge on any atom is 0.230 e. The molecular weight excluding hydrogens is 276 g/mol. The Morgan fingerprint density at radius 2 is 1.68 bits per heavy atom. The largest absolute Gasteiger partial charge is 0.377 e. The van der Waals surface area contributed by atoms with Gasteiger partial charge in [0.25, 0.3) is 0 Å². The molecule has 1 heterocycles. The van der Waals surface area contributed by atoms with Crippen LogP contribution in [0, 0.1) is 5.41 Å². The van der Waals surface area contributed by atoms with Crippen LogP contribution in [0.2, 0.25) is 0 Å². The summed E-state index contributed by atoms with van der Waals surface area (Å²) < 4.78 is 0. The summed E-state index contributed by atoms with van der Waals surface area (Å²) >= 11 is 0. The monoisotopic (exact) mass is 300 g/mol. The van der Waals surface area contributed by atoms with Crippen LogP contribution in [0.15, 0.2) is 36.4 Å². The number of carbonyl (C=O) groups excluding carboxylic acids is 2. The van der Waals surface area contributed by atoms with Crippen LogP contribution in [0.3, 0.4) is 0 Å². The molecule has 4 heteroatoms. The molecule has 1 aliphatic heterocycles. The summed E-state index contributed by atoms with van der Waals surface area (Å²) in [5.41, 5.74) is 1.86. The molecule has 2 amide bonds. The third-order valence-corrected chi connectivity index (χ3v) is 3.88. The zero-order valence-electron chi connectivity index (χ0n) is 13.8. The van der Waals surface area contributed by atoms with E-state index in [-0.39, 0.29) is 17.2 Å². The van der Waals surface area contributed by atoms with E-state index in [9.17, 15) is 9.59 Å². The second-order valence-electron chi connectivity index (χ2n) is 6.77. The Kier molecular flexibility index (Phi) is 4.69. The van der Waals surface area contributed by atoms with Gasteiger partial charge in [-0.3, -0.25) is 14.5 Å². The number of benzene rings is 1. The van der Waals surface area contributed by atoms with Crippen molar-refractivity contribution in [2.45, 2.75) is 26.7 Å². The second-order valence-corrected chi connectivity index (χ2v) is 6.77. The van der Waals surface area contributed by atoms with E-state index in [1.165, 1.54) is 4.90 Å². The molecule has 0 N–H and O–H groups in total. The Bertz CT molecular complexity index is 568. The zero-order chi connectivity index (χ0) is 16.3. The Morgan fingerprint density at radius 3 is 2.18 bits per heavy atom. The number of imide groups is 1. The lowest BCUT2D eigenvalue weighted by atomic mass is 9.82. The van der Waals surface area contributed by atoms with E-state index in [1.807, 2.05) is 69.3 Å². The van der Waals surface area contributed by atoms with Crippen molar-refractivity contribution < 1.29 is 9.59 Å². The molecule has 0 aromatic heterocycles. The molecule has 22 heavy (non-hydrogen) atoms. The molecule has 1 fully saturated rings. The number of hydrogen-bond donors (Lipinski definition) is 0. The van der Waals surface area contributed by atoms with Crippen LogP contribution < -0.4 is 0 Å². The maximum absolute atomic E-state index is 12.2. The van der Waals surface area contributed by atoms with Crippen molar-refractivity contribution in [3.05, 3.63) is 42.0 Å². The summed E-state index contributed by atoms with van der Waals surface area (Å²) in [6.45, 7) is 4.26. The molecule has 4 nitrogen and oxygen atoms in total. The van der Waals surface area contributed by atoms with E-state index in [2.05, 4.69) is 0 Å². The van der Waals surface area contributed by atoms with Crippen LogP contribution >= 0.6 is 0 Å². The Hall–Kier alpha value is -2.10. The molecular formula is C18H24N2O2. The normalized spacial score (nSPS) is 18.5. The number of amides is 2. The lowest BCUT2D eigenvalue weighted by Crippen LogP contribution is -2.46. The first-order valence-corrected chi connectivity index (χ1v) is 7.56. The number of piperidine rings is 1. The summed E-state index contributed by atoms with van der Waals surface area (Å²) in [6, 6.07) is 9.97. The van der Waals surface area contributed by atoms with E-state index in [4.69, 9.17) is 0 Å². The van der Waals surface area contributed by atoms with Crippen molar-refractivity contribution in [1.82, 2.24) is 9.80 Å². The Morgan fingerprint density at radius 1 is 1.14 bits per heavy atom. The molecule has 2 rings (SSSR count). The van der Waals surface area contributed by atoms with Crippen molar-refractivity contribution in [2.75, 3.05) is 20.6 Å². The second kappa shape index (κ2) is 6.34. The lowest BCUT2D eigenvalue weighted by molar-refractivity contribution is -0.151. The van der Waals surface area contributed by atoms with Crippen LogP contribution in [-0.2, 0) is 9.59 Å². The van der Waals surface area contributed by atoms with Gasteiger partial charge in [-0.2, -0.15) is 0 Å². The van der Waals surface area contributed by atoms with Gasteiger partial charge in [0.1, 0.15) is 0 Å². The number of rotatable bonds is 4. The molecule has 1 aliphatic rings. The topological polar surface area (TPSA) is 40.6 Å². The number of hydrogen-bond acceptors (Lipinski definition) is 3. The van der Waals surface area contributed by atoms with Crippen LogP contribution in [-0.4, -0.2) is 42.3 Å². The highest BCUT2D eigenvalue weighted by Crippen LogP contribution is 2.31. The highest BCUT2D eigenvalue weighted by molar-refractivity contribution is 5.98. The maximum atomic E-state index is 12.2. The summed E-state index contributed by atoms with van der Waals surface area (Å²) in [5, 5.41) is 0. The van der Waals surface area contributed by atoms with Gasteiger partial charge in [-0.25, -0.2) is 0 Å². The quantitative estimate of drug-likeness (QED) is 0.803.